The van der Waals surface area contributed by atoms with Crippen molar-refractivity contribution in [3.63, 3.8) is 0 Å². The van der Waals surface area contributed by atoms with E-state index in [1.54, 1.807) is 24.3 Å². The topological polar surface area (TPSA) is 4.93 Å². The standard InChI is InChI=1S/C16H12F3N/c17-14-7-4-8-15-13(14)9-10-20(15)11-16(18,19)12-5-2-1-3-6-12/h1-10H,11H2. The highest BCUT2D eigenvalue weighted by Gasteiger charge is 2.32. The van der Waals surface area contributed by atoms with Gasteiger partial charge >= 0.3 is 0 Å². The second kappa shape index (κ2) is 4.71. The van der Waals surface area contributed by atoms with E-state index in [1.807, 2.05) is 0 Å². The number of hydrogen-bond acceptors (Lipinski definition) is 0. The molecule has 0 N–H and O–H groups in total. The van der Waals surface area contributed by atoms with E-state index in [0.29, 0.717) is 10.9 Å². The molecule has 0 amide bonds. The zero-order valence-corrected chi connectivity index (χ0v) is 10.6. The quantitative estimate of drug-likeness (QED) is 0.659. The van der Waals surface area contributed by atoms with Gasteiger partial charge in [0.05, 0.1) is 12.1 Å². The fourth-order valence-electron chi connectivity index (χ4n) is 2.31. The molecule has 1 aromatic heterocycles. The molecule has 0 saturated carbocycles. The third kappa shape index (κ3) is 2.18. The Morgan fingerprint density at radius 3 is 2.40 bits per heavy atom. The van der Waals surface area contributed by atoms with E-state index in [4.69, 9.17) is 0 Å². The molecular weight excluding hydrogens is 263 g/mol. The number of hydrogen-bond donors (Lipinski definition) is 0. The number of rotatable bonds is 3. The van der Waals surface area contributed by atoms with Gasteiger partial charge in [-0.3, -0.25) is 0 Å². The van der Waals surface area contributed by atoms with Gasteiger partial charge in [-0.05, 0) is 18.2 Å². The van der Waals surface area contributed by atoms with E-state index in [1.165, 1.54) is 41.1 Å². The molecule has 0 aliphatic heterocycles. The Morgan fingerprint density at radius 1 is 0.900 bits per heavy atom. The van der Waals surface area contributed by atoms with Gasteiger partial charge in [0, 0.05) is 17.1 Å². The molecule has 1 nitrogen and oxygen atoms in total. The van der Waals surface area contributed by atoms with Crippen LogP contribution in [0.2, 0.25) is 0 Å². The van der Waals surface area contributed by atoms with Crippen molar-refractivity contribution in [3.8, 4) is 0 Å². The van der Waals surface area contributed by atoms with Gasteiger partial charge in [0.2, 0.25) is 0 Å². The zero-order chi connectivity index (χ0) is 14.2. The highest BCUT2D eigenvalue weighted by Crippen LogP contribution is 2.31. The third-order valence-corrected chi connectivity index (χ3v) is 3.33. The summed E-state index contributed by atoms with van der Waals surface area (Å²) in [7, 11) is 0. The maximum Gasteiger partial charge on any atom is 0.290 e. The molecule has 0 bridgehead atoms. The van der Waals surface area contributed by atoms with Crippen molar-refractivity contribution >= 4 is 10.9 Å². The second-order valence-corrected chi connectivity index (χ2v) is 4.69. The Labute approximate surface area is 114 Å². The second-order valence-electron chi connectivity index (χ2n) is 4.69. The number of aromatic nitrogens is 1. The Kier molecular flexibility index (Phi) is 3.01. The Balaban J connectivity index is 1.99. The van der Waals surface area contributed by atoms with Crippen molar-refractivity contribution in [3.05, 3.63) is 72.2 Å². The number of nitrogens with zero attached hydrogens (tertiary/aromatic N) is 1. The van der Waals surface area contributed by atoms with Gasteiger partial charge in [0.25, 0.3) is 5.92 Å². The summed E-state index contributed by atoms with van der Waals surface area (Å²) >= 11 is 0. The summed E-state index contributed by atoms with van der Waals surface area (Å²) in [6.07, 6.45) is 1.49. The van der Waals surface area contributed by atoms with E-state index >= 15 is 0 Å². The molecule has 0 saturated heterocycles. The van der Waals surface area contributed by atoms with Crippen LogP contribution in [0, 0.1) is 5.82 Å². The van der Waals surface area contributed by atoms with Crippen LogP contribution >= 0.6 is 0 Å². The van der Waals surface area contributed by atoms with Crippen LogP contribution < -0.4 is 0 Å². The van der Waals surface area contributed by atoms with Gasteiger partial charge in [0.1, 0.15) is 5.82 Å². The fraction of sp³-hybridized carbons (Fsp3) is 0.125. The molecule has 2 aromatic carbocycles. The minimum absolute atomic E-state index is 0.0433. The fourth-order valence-corrected chi connectivity index (χ4v) is 2.31. The van der Waals surface area contributed by atoms with Gasteiger partial charge in [-0.15, -0.1) is 0 Å². The number of alkyl halides is 2. The maximum absolute atomic E-state index is 14.2. The molecule has 3 rings (SSSR count). The Morgan fingerprint density at radius 2 is 1.65 bits per heavy atom. The number of halogens is 3. The van der Waals surface area contributed by atoms with Crippen LogP contribution in [0.5, 0.6) is 0 Å². The molecular formula is C16H12F3N. The molecule has 0 spiro atoms. The van der Waals surface area contributed by atoms with Gasteiger partial charge in [-0.25, -0.2) is 4.39 Å². The van der Waals surface area contributed by atoms with Crippen LogP contribution in [-0.4, -0.2) is 4.57 Å². The highest BCUT2D eigenvalue weighted by molar-refractivity contribution is 5.80. The molecule has 0 fully saturated rings. The van der Waals surface area contributed by atoms with E-state index in [0.717, 1.165) is 0 Å². The first-order valence-electron chi connectivity index (χ1n) is 6.25. The monoisotopic (exact) mass is 275 g/mol. The van der Waals surface area contributed by atoms with Crippen molar-refractivity contribution in [2.24, 2.45) is 0 Å². The lowest BCUT2D eigenvalue weighted by Gasteiger charge is -2.18. The predicted octanol–water partition coefficient (Wildman–Crippen LogP) is 4.57. The first-order valence-corrected chi connectivity index (χ1v) is 6.25. The molecule has 102 valence electrons. The molecule has 4 heteroatoms. The molecule has 0 aliphatic rings. The largest absolute Gasteiger partial charge is 0.341 e. The van der Waals surface area contributed by atoms with Gasteiger partial charge in [-0.1, -0.05) is 36.4 Å². The molecule has 0 aliphatic carbocycles. The smallest absolute Gasteiger partial charge is 0.290 e. The summed E-state index contributed by atoms with van der Waals surface area (Å²) in [5, 5.41) is 0.358. The molecule has 0 radical (unpaired) electrons. The lowest BCUT2D eigenvalue weighted by molar-refractivity contribution is -0.0211. The van der Waals surface area contributed by atoms with Crippen molar-refractivity contribution in [1.82, 2.24) is 4.57 Å². The van der Waals surface area contributed by atoms with Crippen molar-refractivity contribution in [2.45, 2.75) is 12.5 Å². The van der Waals surface area contributed by atoms with Gasteiger partial charge in [-0.2, -0.15) is 8.78 Å². The minimum Gasteiger partial charge on any atom is -0.341 e. The Hall–Kier alpha value is -2.23. The predicted molar refractivity (Wildman–Crippen MR) is 72.2 cm³/mol. The molecule has 20 heavy (non-hydrogen) atoms. The zero-order valence-electron chi connectivity index (χ0n) is 10.6. The lowest BCUT2D eigenvalue weighted by atomic mass is 10.1. The normalized spacial score (nSPS) is 11.9. The van der Waals surface area contributed by atoms with Crippen LogP contribution in [0.25, 0.3) is 10.9 Å². The average Bonchev–Trinajstić information content (AvgIpc) is 2.84. The van der Waals surface area contributed by atoms with E-state index in [9.17, 15) is 13.2 Å². The van der Waals surface area contributed by atoms with E-state index in [2.05, 4.69) is 0 Å². The average molecular weight is 275 g/mol. The van der Waals surface area contributed by atoms with Crippen LogP contribution in [0.4, 0.5) is 13.2 Å². The summed E-state index contributed by atoms with van der Waals surface area (Å²) in [5.74, 6) is -3.40. The first kappa shape index (κ1) is 12.8. The first-order chi connectivity index (χ1) is 9.58. The minimum atomic E-state index is -3.00. The lowest BCUT2D eigenvalue weighted by Crippen LogP contribution is -2.20. The number of fused-ring (bicyclic) bond motifs is 1. The van der Waals surface area contributed by atoms with Crippen molar-refractivity contribution in [1.29, 1.82) is 0 Å². The Bertz CT molecular complexity index is 732. The van der Waals surface area contributed by atoms with E-state index < -0.39 is 18.3 Å². The molecule has 1 heterocycles. The molecule has 0 unspecified atom stereocenters. The van der Waals surface area contributed by atoms with Crippen LogP contribution in [0.3, 0.4) is 0 Å². The third-order valence-electron chi connectivity index (χ3n) is 3.33. The molecule has 0 atom stereocenters. The molecule has 3 aromatic rings. The van der Waals surface area contributed by atoms with Gasteiger partial charge in [0.15, 0.2) is 0 Å². The van der Waals surface area contributed by atoms with E-state index in [-0.39, 0.29) is 5.56 Å². The van der Waals surface area contributed by atoms with Crippen LogP contribution in [-0.2, 0) is 12.5 Å². The van der Waals surface area contributed by atoms with Crippen molar-refractivity contribution in [2.75, 3.05) is 0 Å². The van der Waals surface area contributed by atoms with Crippen molar-refractivity contribution < 1.29 is 13.2 Å². The summed E-state index contributed by atoms with van der Waals surface area (Å²) in [5.41, 5.74) is 0.429. The maximum atomic E-state index is 14.2. The number of benzene rings is 2. The van der Waals surface area contributed by atoms with Crippen LogP contribution in [0.1, 0.15) is 5.56 Å². The highest BCUT2D eigenvalue weighted by atomic mass is 19.3. The summed E-state index contributed by atoms with van der Waals surface area (Å²) in [4.78, 5) is 0. The summed E-state index contributed by atoms with van der Waals surface area (Å²) in [6, 6.07) is 13.6. The summed E-state index contributed by atoms with van der Waals surface area (Å²) in [6.45, 7) is -0.510. The summed E-state index contributed by atoms with van der Waals surface area (Å²) < 4.78 is 43.4. The SMILES string of the molecule is Fc1cccc2c1ccn2CC(F)(F)c1ccccc1. The van der Waals surface area contributed by atoms with Gasteiger partial charge < -0.3 is 4.57 Å². The van der Waals surface area contributed by atoms with Crippen LogP contribution in [0.15, 0.2) is 60.8 Å².